The average molecular weight is 253 g/mol. The van der Waals surface area contributed by atoms with E-state index in [1.807, 2.05) is 0 Å². The molecule has 18 heavy (non-hydrogen) atoms. The average Bonchev–Trinajstić information content (AvgIpc) is 2.84. The molecule has 0 aliphatic carbocycles. The minimum Gasteiger partial charge on any atom is -0.506 e. The molecule has 2 rings (SSSR count). The highest BCUT2D eigenvalue weighted by atomic mass is 19.1. The zero-order valence-corrected chi connectivity index (χ0v) is 9.99. The zero-order chi connectivity index (χ0) is 13.0. The lowest BCUT2D eigenvalue weighted by atomic mass is 10.1. The lowest BCUT2D eigenvalue weighted by Crippen LogP contribution is -2.15. The Morgan fingerprint density at radius 1 is 1.56 bits per heavy atom. The summed E-state index contributed by atoms with van der Waals surface area (Å²) in [6.45, 7) is 0.761. The third kappa shape index (κ3) is 3.43. The van der Waals surface area contributed by atoms with E-state index in [-0.39, 0.29) is 23.4 Å². The van der Waals surface area contributed by atoms with Crippen LogP contribution in [0.1, 0.15) is 25.7 Å². The van der Waals surface area contributed by atoms with Crippen LogP contribution in [0.2, 0.25) is 0 Å². The second-order valence-corrected chi connectivity index (χ2v) is 4.38. The summed E-state index contributed by atoms with van der Waals surface area (Å²) in [6.07, 6.45) is 3.13. The number of phenolic OH excluding ortho intramolecular Hbond substituents is 1. The first kappa shape index (κ1) is 12.8. The van der Waals surface area contributed by atoms with Crippen LogP contribution in [0.15, 0.2) is 18.2 Å². The van der Waals surface area contributed by atoms with Crippen LogP contribution >= 0.6 is 0 Å². The molecule has 0 spiro atoms. The van der Waals surface area contributed by atoms with Crippen molar-refractivity contribution in [3.8, 4) is 5.75 Å². The van der Waals surface area contributed by atoms with E-state index >= 15 is 0 Å². The number of ether oxygens (including phenoxy) is 1. The van der Waals surface area contributed by atoms with Crippen molar-refractivity contribution in [3.05, 3.63) is 24.0 Å². The monoisotopic (exact) mass is 253 g/mol. The maximum atomic E-state index is 12.9. The smallest absolute Gasteiger partial charge is 0.224 e. The summed E-state index contributed by atoms with van der Waals surface area (Å²) in [5.74, 6) is -0.879. The van der Waals surface area contributed by atoms with E-state index in [0.717, 1.165) is 31.6 Å². The Morgan fingerprint density at radius 2 is 2.39 bits per heavy atom. The maximum absolute atomic E-state index is 12.9. The third-order valence-electron chi connectivity index (χ3n) is 2.95. The number of hydrogen-bond acceptors (Lipinski definition) is 3. The van der Waals surface area contributed by atoms with Gasteiger partial charge in [0.1, 0.15) is 11.6 Å². The first-order valence-electron chi connectivity index (χ1n) is 6.05. The summed E-state index contributed by atoms with van der Waals surface area (Å²) in [4.78, 5) is 11.6. The fourth-order valence-corrected chi connectivity index (χ4v) is 1.99. The molecule has 1 heterocycles. The maximum Gasteiger partial charge on any atom is 0.224 e. The Hall–Kier alpha value is -1.62. The number of carbonyl (C=O) groups excluding carboxylic acids is 1. The highest BCUT2D eigenvalue weighted by Crippen LogP contribution is 2.24. The van der Waals surface area contributed by atoms with Crippen LogP contribution in [0, 0.1) is 5.82 Å². The lowest BCUT2D eigenvalue weighted by Gasteiger charge is -2.10. The summed E-state index contributed by atoms with van der Waals surface area (Å²) in [5, 5.41) is 11.9. The number of aromatic hydroxyl groups is 1. The number of anilines is 1. The molecule has 0 aromatic heterocycles. The van der Waals surface area contributed by atoms with Gasteiger partial charge >= 0.3 is 0 Å². The second kappa shape index (κ2) is 5.82. The quantitative estimate of drug-likeness (QED) is 0.810. The van der Waals surface area contributed by atoms with E-state index in [1.165, 1.54) is 6.07 Å². The van der Waals surface area contributed by atoms with Crippen LogP contribution in [-0.2, 0) is 9.53 Å². The molecule has 5 heteroatoms. The molecule has 0 unspecified atom stereocenters. The molecule has 1 amide bonds. The fraction of sp³-hybridized carbons (Fsp3) is 0.462. The highest BCUT2D eigenvalue weighted by Gasteiger charge is 2.17. The zero-order valence-electron chi connectivity index (χ0n) is 9.99. The van der Waals surface area contributed by atoms with Gasteiger partial charge in [0.15, 0.2) is 0 Å². The van der Waals surface area contributed by atoms with Crippen LogP contribution in [-0.4, -0.2) is 23.7 Å². The van der Waals surface area contributed by atoms with Crippen molar-refractivity contribution in [3.63, 3.8) is 0 Å². The molecule has 2 N–H and O–H groups in total. The van der Waals surface area contributed by atoms with Crippen molar-refractivity contribution >= 4 is 11.6 Å². The van der Waals surface area contributed by atoms with Gasteiger partial charge in [-0.05, 0) is 31.4 Å². The van der Waals surface area contributed by atoms with E-state index in [4.69, 9.17) is 4.74 Å². The van der Waals surface area contributed by atoms with Gasteiger partial charge in [-0.15, -0.1) is 0 Å². The number of carbonyl (C=O) groups is 1. The predicted octanol–water partition coefficient (Wildman–Crippen LogP) is 2.43. The Bertz CT molecular complexity index is 430. The number of rotatable bonds is 4. The molecule has 1 fully saturated rings. The minimum absolute atomic E-state index is 0.104. The molecule has 1 saturated heterocycles. The molecule has 4 nitrogen and oxygen atoms in total. The summed E-state index contributed by atoms with van der Waals surface area (Å²) in [5.41, 5.74) is 0.104. The first-order valence-corrected chi connectivity index (χ1v) is 6.05. The molecule has 1 aromatic carbocycles. The lowest BCUT2D eigenvalue weighted by molar-refractivity contribution is -0.116. The van der Waals surface area contributed by atoms with E-state index in [2.05, 4.69) is 5.32 Å². The van der Waals surface area contributed by atoms with E-state index in [0.29, 0.717) is 12.8 Å². The molecule has 98 valence electrons. The number of halogens is 1. The fourth-order valence-electron chi connectivity index (χ4n) is 1.99. The second-order valence-electron chi connectivity index (χ2n) is 4.38. The van der Waals surface area contributed by atoms with Crippen LogP contribution in [0.3, 0.4) is 0 Å². The SMILES string of the molecule is O=C(CC[C@@H]1CCCO1)Nc1cc(F)ccc1O. The van der Waals surface area contributed by atoms with Crippen molar-refractivity contribution < 1.29 is 19.0 Å². The first-order chi connectivity index (χ1) is 8.65. The van der Waals surface area contributed by atoms with Crippen molar-refractivity contribution in [1.82, 2.24) is 0 Å². The molecule has 0 saturated carbocycles. The van der Waals surface area contributed by atoms with Crippen LogP contribution < -0.4 is 5.32 Å². The van der Waals surface area contributed by atoms with E-state index in [1.54, 1.807) is 0 Å². The molecule has 1 aliphatic rings. The van der Waals surface area contributed by atoms with Gasteiger partial charge in [-0.2, -0.15) is 0 Å². The van der Waals surface area contributed by atoms with Crippen molar-refractivity contribution in [2.75, 3.05) is 11.9 Å². The van der Waals surface area contributed by atoms with Crippen LogP contribution in [0.4, 0.5) is 10.1 Å². The largest absolute Gasteiger partial charge is 0.506 e. The Kier molecular flexibility index (Phi) is 4.15. The van der Waals surface area contributed by atoms with Gasteiger partial charge in [0.05, 0.1) is 11.8 Å². The normalized spacial score (nSPS) is 18.8. The molecule has 1 aromatic rings. The van der Waals surface area contributed by atoms with Gasteiger partial charge in [0.2, 0.25) is 5.91 Å². The van der Waals surface area contributed by atoms with Gasteiger partial charge in [-0.3, -0.25) is 4.79 Å². The summed E-state index contributed by atoms with van der Waals surface area (Å²) >= 11 is 0. The molecule has 1 aliphatic heterocycles. The topological polar surface area (TPSA) is 58.6 Å². The highest BCUT2D eigenvalue weighted by molar-refractivity contribution is 5.92. The summed E-state index contributed by atoms with van der Waals surface area (Å²) in [7, 11) is 0. The molecular formula is C13H16FNO3. The van der Waals surface area contributed by atoms with Crippen molar-refractivity contribution in [2.45, 2.75) is 31.8 Å². The van der Waals surface area contributed by atoms with Crippen molar-refractivity contribution in [1.29, 1.82) is 0 Å². The van der Waals surface area contributed by atoms with Gasteiger partial charge in [0, 0.05) is 19.1 Å². The Morgan fingerprint density at radius 3 is 3.11 bits per heavy atom. The van der Waals surface area contributed by atoms with Gasteiger partial charge in [0.25, 0.3) is 0 Å². The number of phenols is 1. The molecule has 0 radical (unpaired) electrons. The molecular weight excluding hydrogens is 237 g/mol. The van der Waals surface area contributed by atoms with Crippen molar-refractivity contribution in [2.24, 2.45) is 0 Å². The van der Waals surface area contributed by atoms with E-state index in [9.17, 15) is 14.3 Å². The molecule has 0 bridgehead atoms. The third-order valence-corrected chi connectivity index (χ3v) is 2.95. The van der Waals surface area contributed by atoms with Gasteiger partial charge < -0.3 is 15.2 Å². The van der Waals surface area contributed by atoms with Crippen LogP contribution in [0.25, 0.3) is 0 Å². The van der Waals surface area contributed by atoms with Gasteiger partial charge in [-0.1, -0.05) is 0 Å². The van der Waals surface area contributed by atoms with E-state index < -0.39 is 5.82 Å². The Labute approximate surface area is 105 Å². The molecule has 1 atom stereocenters. The van der Waals surface area contributed by atoms with Crippen LogP contribution in [0.5, 0.6) is 5.75 Å². The standard InChI is InChI=1S/C13H16FNO3/c14-9-3-5-12(16)11(8-9)15-13(17)6-4-10-2-1-7-18-10/h3,5,8,10,16H,1-2,4,6-7H2,(H,15,17)/t10-/m0/s1. The number of amides is 1. The Balaban J connectivity index is 1.84. The number of nitrogens with one attached hydrogen (secondary N) is 1. The number of benzene rings is 1. The number of hydrogen-bond donors (Lipinski definition) is 2. The summed E-state index contributed by atoms with van der Waals surface area (Å²) < 4.78 is 18.4. The van der Waals surface area contributed by atoms with Gasteiger partial charge in [-0.25, -0.2) is 4.39 Å². The summed E-state index contributed by atoms with van der Waals surface area (Å²) in [6, 6.07) is 3.45. The predicted molar refractivity (Wildman–Crippen MR) is 64.9 cm³/mol. The minimum atomic E-state index is -0.498.